The quantitative estimate of drug-likeness (QED) is 0.612. The van der Waals surface area contributed by atoms with E-state index in [2.05, 4.69) is 15.5 Å². The summed E-state index contributed by atoms with van der Waals surface area (Å²) < 4.78 is 0. The van der Waals surface area contributed by atoms with Crippen molar-refractivity contribution in [3.05, 3.63) is 0 Å². The molecule has 0 aromatic rings. The van der Waals surface area contributed by atoms with Crippen LogP contribution in [0.1, 0.15) is 25.7 Å². The van der Waals surface area contributed by atoms with Crippen molar-refractivity contribution in [1.29, 1.82) is 0 Å². The van der Waals surface area contributed by atoms with Gasteiger partial charge in [0.15, 0.2) is 0 Å². The lowest BCUT2D eigenvalue weighted by Gasteiger charge is -2.30. The summed E-state index contributed by atoms with van der Waals surface area (Å²) in [6, 6.07) is -0.0286. The lowest BCUT2D eigenvalue weighted by atomic mass is 9.92. The fraction of sp³-hybridized carbons (Fsp3) is 0.917. The van der Waals surface area contributed by atoms with E-state index in [1.807, 2.05) is 0 Å². The highest BCUT2D eigenvalue weighted by atomic mass is 16.3. The Morgan fingerprint density at radius 2 is 2.00 bits per heavy atom. The van der Waals surface area contributed by atoms with Gasteiger partial charge in [0.2, 0.25) is 5.91 Å². The average molecular weight is 241 g/mol. The molecule has 5 nitrogen and oxygen atoms in total. The molecule has 1 aliphatic carbocycles. The standard InChI is InChI=1S/C12H23N3O2/c16-11-4-2-1-3-10(11)14-12(17)9-15-7-5-13-6-8-15/h10-11,13,16H,1-9H2,(H,14,17)/t10-,11-/m1/s1. The number of amides is 1. The van der Waals surface area contributed by atoms with Gasteiger partial charge in [0, 0.05) is 26.2 Å². The van der Waals surface area contributed by atoms with Gasteiger partial charge in [-0.1, -0.05) is 12.8 Å². The minimum atomic E-state index is -0.351. The summed E-state index contributed by atoms with van der Waals surface area (Å²) >= 11 is 0. The Labute approximate surface area is 103 Å². The molecular weight excluding hydrogens is 218 g/mol. The van der Waals surface area contributed by atoms with Crippen LogP contribution in [-0.4, -0.2) is 60.8 Å². The molecule has 0 bridgehead atoms. The second-order valence-corrected chi connectivity index (χ2v) is 5.05. The summed E-state index contributed by atoms with van der Waals surface area (Å²) in [5, 5.41) is 16.0. The largest absolute Gasteiger partial charge is 0.391 e. The first-order valence-corrected chi connectivity index (χ1v) is 6.66. The Kier molecular flexibility index (Phi) is 4.76. The summed E-state index contributed by atoms with van der Waals surface area (Å²) in [4.78, 5) is 14.0. The van der Waals surface area contributed by atoms with E-state index in [0.29, 0.717) is 6.54 Å². The normalized spacial score (nSPS) is 31.1. The van der Waals surface area contributed by atoms with Crippen LogP contribution in [0.25, 0.3) is 0 Å². The van der Waals surface area contributed by atoms with Gasteiger partial charge in [-0.25, -0.2) is 0 Å². The van der Waals surface area contributed by atoms with E-state index in [4.69, 9.17) is 0 Å². The first-order valence-electron chi connectivity index (χ1n) is 6.66. The second-order valence-electron chi connectivity index (χ2n) is 5.05. The molecule has 1 saturated heterocycles. The molecule has 0 aromatic heterocycles. The van der Waals surface area contributed by atoms with Crippen molar-refractivity contribution in [2.75, 3.05) is 32.7 Å². The van der Waals surface area contributed by atoms with Crippen LogP contribution in [0.4, 0.5) is 0 Å². The minimum Gasteiger partial charge on any atom is -0.391 e. The van der Waals surface area contributed by atoms with Crippen LogP contribution in [0, 0.1) is 0 Å². The SMILES string of the molecule is O=C(CN1CCNCC1)N[C@@H]1CCCC[C@H]1O. The molecule has 1 saturated carbocycles. The number of hydrogen-bond donors (Lipinski definition) is 3. The number of hydrogen-bond acceptors (Lipinski definition) is 4. The zero-order valence-electron chi connectivity index (χ0n) is 10.3. The molecule has 1 heterocycles. The number of nitrogens with zero attached hydrogens (tertiary/aromatic N) is 1. The molecule has 2 fully saturated rings. The van der Waals surface area contributed by atoms with Gasteiger partial charge in [-0.2, -0.15) is 0 Å². The fourth-order valence-electron chi connectivity index (χ4n) is 2.60. The monoisotopic (exact) mass is 241 g/mol. The van der Waals surface area contributed by atoms with Crippen LogP contribution in [0.2, 0.25) is 0 Å². The molecule has 0 aromatic carbocycles. The number of rotatable bonds is 3. The van der Waals surface area contributed by atoms with Crippen molar-refractivity contribution >= 4 is 5.91 Å². The summed E-state index contributed by atoms with van der Waals surface area (Å²) in [6.45, 7) is 4.24. The lowest BCUT2D eigenvalue weighted by molar-refractivity contribution is -0.124. The number of aliphatic hydroxyl groups is 1. The predicted octanol–water partition coefficient (Wildman–Crippen LogP) is -0.689. The smallest absolute Gasteiger partial charge is 0.234 e. The maximum absolute atomic E-state index is 11.8. The third-order valence-electron chi connectivity index (χ3n) is 3.65. The van der Waals surface area contributed by atoms with E-state index >= 15 is 0 Å². The highest BCUT2D eigenvalue weighted by molar-refractivity contribution is 5.78. The molecule has 1 aliphatic heterocycles. The highest BCUT2D eigenvalue weighted by Crippen LogP contribution is 2.18. The van der Waals surface area contributed by atoms with E-state index in [1.54, 1.807) is 0 Å². The van der Waals surface area contributed by atoms with E-state index < -0.39 is 0 Å². The first kappa shape index (κ1) is 12.8. The van der Waals surface area contributed by atoms with Gasteiger partial charge in [0.05, 0.1) is 18.7 Å². The molecule has 0 radical (unpaired) electrons. The molecular formula is C12H23N3O2. The molecule has 2 aliphatic rings. The van der Waals surface area contributed by atoms with Crippen LogP contribution in [0.15, 0.2) is 0 Å². The van der Waals surface area contributed by atoms with Gasteiger partial charge in [-0.05, 0) is 12.8 Å². The molecule has 2 rings (SSSR count). The van der Waals surface area contributed by atoms with Crippen molar-refractivity contribution in [3.63, 3.8) is 0 Å². The third-order valence-corrected chi connectivity index (χ3v) is 3.65. The molecule has 98 valence electrons. The highest BCUT2D eigenvalue weighted by Gasteiger charge is 2.25. The van der Waals surface area contributed by atoms with E-state index in [9.17, 15) is 9.90 Å². The van der Waals surface area contributed by atoms with Gasteiger partial charge in [0.25, 0.3) is 0 Å². The molecule has 2 atom stereocenters. The molecule has 0 unspecified atom stereocenters. The Hall–Kier alpha value is -0.650. The average Bonchev–Trinajstić information content (AvgIpc) is 2.33. The van der Waals surface area contributed by atoms with Gasteiger partial charge >= 0.3 is 0 Å². The minimum absolute atomic E-state index is 0.0286. The van der Waals surface area contributed by atoms with Crippen molar-refractivity contribution < 1.29 is 9.90 Å². The summed E-state index contributed by atoms with van der Waals surface area (Å²) in [5.41, 5.74) is 0. The maximum atomic E-state index is 11.8. The molecule has 5 heteroatoms. The molecule has 17 heavy (non-hydrogen) atoms. The van der Waals surface area contributed by atoms with Crippen LogP contribution in [0.3, 0.4) is 0 Å². The van der Waals surface area contributed by atoms with Gasteiger partial charge in [-0.15, -0.1) is 0 Å². The zero-order chi connectivity index (χ0) is 12.1. The molecule has 3 N–H and O–H groups in total. The number of piperazine rings is 1. The van der Waals surface area contributed by atoms with E-state index in [1.165, 1.54) is 0 Å². The van der Waals surface area contributed by atoms with Crippen LogP contribution in [-0.2, 0) is 4.79 Å². The number of carbonyl (C=O) groups is 1. The van der Waals surface area contributed by atoms with Crippen molar-refractivity contribution in [2.24, 2.45) is 0 Å². The summed E-state index contributed by atoms with van der Waals surface area (Å²) in [6.07, 6.45) is 3.56. The third kappa shape index (κ3) is 3.94. The summed E-state index contributed by atoms with van der Waals surface area (Å²) in [7, 11) is 0. The van der Waals surface area contributed by atoms with Crippen LogP contribution < -0.4 is 10.6 Å². The first-order chi connectivity index (χ1) is 8.25. The fourth-order valence-corrected chi connectivity index (χ4v) is 2.60. The topological polar surface area (TPSA) is 64.6 Å². The van der Waals surface area contributed by atoms with Crippen molar-refractivity contribution in [1.82, 2.24) is 15.5 Å². The van der Waals surface area contributed by atoms with Crippen molar-refractivity contribution in [3.8, 4) is 0 Å². The molecule has 1 amide bonds. The zero-order valence-corrected chi connectivity index (χ0v) is 10.3. The predicted molar refractivity (Wildman–Crippen MR) is 65.7 cm³/mol. The Bertz CT molecular complexity index is 254. The van der Waals surface area contributed by atoms with Gasteiger partial charge in [-0.3, -0.25) is 9.69 Å². The van der Waals surface area contributed by atoms with E-state index in [-0.39, 0.29) is 18.1 Å². The summed E-state index contributed by atoms with van der Waals surface area (Å²) in [5.74, 6) is 0.0536. The Morgan fingerprint density at radius 1 is 1.29 bits per heavy atom. The van der Waals surface area contributed by atoms with Gasteiger partial charge < -0.3 is 15.7 Å². The second kappa shape index (κ2) is 6.33. The van der Waals surface area contributed by atoms with Crippen molar-refractivity contribution in [2.45, 2.75) is 37.8 Å². The Balaban J connectivity index is 1.72. The van der Waals surface area contributed by atoms with E-state index in [0.717, 1.165) is 51.9 Å². The van der Waals surface area contributed by atoms with Crippen LogP contribution in [0.5, 0.6) is 0 Å². The number of aliphatic hydroxyl groups excluding tert-OH is 1. The van der Waals surface area contributed by atoms with Crippen LogP contribution >= 0.6 is 0 Å². The number of nitrogens with one attached hydrogen (secondary N) is 2. The van der Waals surface area contributed by atoms with Gasteiger partial charge in [0.1, 0.15) is 0 Å². The Morgan fingerprint density at radius 3 is 2.71 bits per heavy atom. The number of carbonyl (C=O) groups excluding carboxylic acids is 1. The molecule has 0 spiro atoms. The lowest BCUT2D eigenvalue weighted by Crippen LogP contribution is -2.51. The maximum Gasteiger partial charge on any atom is 0.234 e.